The lowest BCUT2D eigenvalue weighted by atomic mass is 9.58. The van der Waals surface area contributed by atoms with Gasteiger partial charge < -0.3 is 8.98 Å². The maximum Gasteiger partial charge on any atom is 0.143 e. The van der Waals surface area contributed by atoms with Crippen molar-refractivity contribution in [3.8, 4) is 61.3 Å². The van der Waals surface area contributed by atoms with Gasteiger partial charge in [0.05, 0.1) is 22.0 Å². The van der Waals surface area contributed by atoms with E-state index < -0.39 is 41.4 Å². The van der Waals surface area contributed by atoms with E-state index in [1.165, 1.54) is 33.4 Å². The highest BCUT2D eigenvalue weighted by atomic mass is 16.3. The smallest absolute Gasteiger partial charge is 0.143 e. The van der Waals surface area contributed by atoms with Crippen LogP contribution in [0.2, 0.25) is 0 Å². The van der Waals surface area contributed by atoms with E-state index in [2.05, 4.69) is 281 Å². The summed E-state index contributed by atoms with van der Waals surface area (Å²) in [6.45, 7) is 20.7. The van der Waals surface area contributed by atoms with Crippen LogP contribution in [-0.4, -0.2) is 4.57 Å². The molecule has 2 nitrogen and oxygen atoms in total. The van der Waals surface area contributed by atoms with Gasteiger partial charge in [-0.1, -0.05) is 305 Å². The van der Waals surface area contributed by atoms with E-state index in [0.717, 1.165) is 111 Å². The molecule has 3 atom stereocenters. The molecule has 0 saturated carbocycles. The molecule has 3 unspecified atom stereocenters. The summed E-state index contributed by atoms with van der Waals surface area (Å²) in [5.74, 6) is -1.41. The zero-order valence-corrected chi connectivity index (χ0v) is 55.1. The normalized spacial score (nSPS) is 16.5. The number of hydrogen-bond acceptors (Lipinski definition) is 1. The number of nitrogens with zero attached hydrogens (tertiary/aromatic N) is 1. The molecule has 0 amide bonds. The lowest BCUT2D eigenvalue weighted by Gasteiger charge is -2.45. The molecule has 0 fully saturated rings. The lowest BCUT2D eigenvalue weighted by molar-refractivity contribution is 0.569. The van der Waals surface area contributed by atoms with Gasteiger partial charge in [0.1, 0.15) is 11.2 Å². The van der Waals surface area contributed by atoms with Crippen molar-refractivity contribution in [2.24, 2.45) is 0 Å². The number of para-hydroxylation sites is 3. The molecule has 2 heteroatoms. The van der Waals surface area contributed by atoms with Crippen molar-refractivity contribution in [2.45, 2.75) is 96.3 Å². The predicted octanol–water partition coefficient (Wildman–Crippen LogP) is 25.1. The molecule has 17 rings (SSSR count). The number of fused-ring (bicyclic) bond motifs is 10. The Morgan fingerprint density at radius 1 is 0.316 bits per heavy atom. The maximum absolute atomic E-state index is 9.86. The van der Waals surface area contributed by atoms with Crippen LogP contribution in [0.25, 0.3) is 105 Å². The van der Waals surface area contributed by atoms with Crippen LogP contribution in [0.5, 0.6) is 0 Å². The number of hydrogen-bond donors (Lipinski definition) is 0. The van der Waals surface area contributed by atoms with Crippen molar-refractivity contribution < 1.29 is 15.4 Å². The Kier molecular flexibility index (Phi) is 11.6. The summed E-state index contributed by atoms with van der Waals surface area (Å²) >= 11 is 0. The zero-order chi connectivity index (χ0) is 71.6. The van der Waals surface area contributed by atoms with Gasteiger partial charge >= 0.3 is 0 Å². The quantitative estimate of drug-likeness (QED) is 0.148. The van der Waals surface area contributed by atoms with Crippen LogP contribution in [0.1, 0.15) is 158 Å². The van der Waals surface area contributed by atoms with Crippen molar-refractivity contribution in [1.82, 2.24) is 4.57 Å². The molecule has 0 N–H and O–H groups in total. The van der Waals surface area contributed by atoms with E-state index in [0.29, 0.717) is 5.69 Å². The second-order valence-electron chi connectivity index (χ2n) is 29.3. The van der Waals surface area contributed by atoms with Gasteiger partial charge in [0, 0.05) is 50.5 Å². The summed E-state index contributed by atoms with van der Waals surface area (Å²) in [6, 6.07) is 82.8. The topological polar surface area (TPSA) is 18.1 Å². The molecule has 0 bridgehead atoms. The standard InChI is InChI=1S/C93H77NO/c1-91(2,3)63-49-62(50-64(52-63)92(4,5)6)61-45-47-72-75(51-61)85-73-48-46-66(94-80-42-25-22-37-69(80)70-38-23-26-43-81(70)94)55-76(73)87(89-74(59-33-18-12-19-34-59)56-77-71-39-24-27-44-82(71)95-90(77)83(89)60-35-20-13-21-36-60)79-54-65(93(7,8)9)53-78(88(79)85)86(72)84-67(57-29-14-10-15-30-57)40-28-41-68(84)58-31-16-11-17-32-58/h10-56,85-87H,1-9H3/i22D,23D,25D,26D,37D,38D,42D,43D. The summed E-state index contributed by atoms with van der Waals surface area (Å²) in [4.78, 5) is 0. The van der Waals surface area contributed by atoms with Gasteiger partial charge in [-0.15, -0.1) is 0 Å². The van der Waals surface area contributed by atoms with Crippen molar-refractivity contribution in [1.29, 1.82) is 0 Å². The average molecular weight is 1230 g/mol. The van der Waals surface area contributed by atoms with Gasteiger partial charge in [0.15, 0.2) is 0 Å². The van der Waals surface area contributed by atoms with Gasteiger partial charge in [-0.3, -0.25) is 0 Å². The fourth-order valence-corrected chi connectivity index (χ4v) is 15.7. The van der Waals surface area contributed by atoms with E-state index >= 15 is 0 Å². The first-order valence-electron chi connectivity index (χ1n) is 37.3. The summed E-state index contributed by atoms with van der Waals surface area (Å²) < 4.78 is 84.7. The highest BCUT2D eigenvalue weighted by molar-refractivity contribution is 6.13. The summed E-state index contributed by atoms with van der Waals surface area (Å²) in [5.41, 5.74) is 25.5. The second kappa shape index (κ2) is 22.0. The molecule has 2 heterocycles. The van der Waals surface area contributed by atoms with Crippen LogP contribution in [0.3, 0.4) is 0 Å². The average Bonchev–Trinajstić information content (AvgIpc) is 1.43. The summed E-state index contributed by atoms with van der Waals surface area (Å²) in [6.07, 6.45) is 0. The first-order valence-corrected chi connectivity index (χ1v) is 33.3. The minimum atomic E-state index is -0.637. The van der Waals surface area contributed by atoms with Gasteiger partial charge in [-0.25, -0.2) is 0 Å². The van der Waals surface area contributed by atoms with Gasteiger partial charge in [0.25, 0.3) is 0 Å². The molecule has 0 spiro atoms. The molecule has 13 aromatic carbocycles. The van der Waals surface area contributed by atoms with Crippen molar-refractivity contribution >= 4 is 43.7 Å². The Balaban J connectivity index is 1.10. The first kappa shape index (κ1) is 50.0. The lowest BCUT2D eigenvalue weighted by Crippen LogP contribution is -2.30. The fraction of sp³-hybridized carbons (Fsp3) is 0.161. The van der Waals surface area contributed by atoms with Crippen molar-refractivity contribution in [3.63, 3.8) is 0 Å². The van der Waals surface area contributed by atoms with E-state index in [1.807, 2.05) is 18.2 Å². The summed E-state index contributed by atoms with van der Waals surface area (Å²) in [5, 5.41) is 2.00. The first-order chi connectivity index (χ1) is 49.4. The highest BCUT2D eigenvalue weighted by Gasteiger charge is 2.46. The molecule has 460 valence electrons. The third-order valence-electron chi connectivity index (χ3n) is 20.4. The van der Waals surface area contributed by atoms with Crippen LogP contribution in [-0.2, 0) is 16.2 Å². The van der Waals surface area contributed by atoms with Crippen LogP contribution < -0.4 is 0 Å². The third kappa shape index (κ3) is 9.58. The molecule has 0 aliphatic heterocycles. The Bertz CT molecular complexity index is 5860. The Morgan fingerprint density at radius 2 is 0.779 bits per heavy atom. The van der Waals surface area contributed by atoms with Gasteiger partial charge in [-0.05, 0) is 175 Å². The minimum Gasteiger partial charge on any atom is -0.455 e. The molecular formula is C93H77NO. The van der Waals surface area contributed by atoms with Gasteiger partial charge in [0.2, 0.25) is 0 Å². The SMILES string of the molecule is [2H]c1c([2H])c([2H])c2c(c1[2H])c1c([2H])c([2H])c([2H])c([2H])c1n2-c1ccc2c(c1)C(c1c(-c3ccccc3)cc3c(oc4ccccc43)c1-c1ccccc1)c1cc(C(C)(C)C)cc3c1C2c1cc(-c2cc(C(C)(C)C)cc(C(C)(C)C)c2)ccc1C3c1c(-c2ccccc2)cccc1-c1ccccc1. The number of aromatic nitrogens is 1. The molecule has 2 aliphatic carbocycles. The van der Waals surface area contributed by atoms with E-state index in [9.17, 15) is 8.22 Å². The molecule has 15 aromatic rings. The third-order valence-corrected chi connectivity index (χ3v) is 20.4. The van der Waals surface area contributed by atoms with Crippen LogP contribution in [0, 0.1) is 0 Å². The monoisotopic (exact) mass is 1230 g/mol. The molecular weight excluding hydrogens is 1150 g/mol. The highest BCUT2D eigenvalue weighted by Crippen LogP contribution is 2.62. The molecule has 2 aliphatic rings. The van der Waals surface area contributed by atoms with Crippen molar-refractivity contribution in [2.75, 3.05) is 0 Å². The second-order valence-corrected chi connectivity index (χ2v) is 29.3. The zero-order valence-electron chi connectivity index (χ0n) is 63.1. The Hall–Kier alpha value is -10.5. The number of benzene rings is 13. The van der Waals surface area contributed by atoms with E-state index in [4.69, 9.17) is 7.16 Å². The Labute approximate surface area is 570 Å². The number of rotatable bonds is 8. The van der Waals surface area contributed by atoms with Crippen LogP contribution in [0.15, 0.2) is 289 Å². The summed E-state index contributed by atoms with van der Waals surface area (Å²) in [7, 11) is 0. The molecule has 95 heavy (non-hydrogen) atoms. The van der Waals surface area contributed by atoms with E-state index in [-0.39, 0.29) is 62.7 Å². The maximum atomic E-state index is 9.86. The molecule has 2 aromatic heterocycles. The van der Waals surface area contributed by atoms with Gasteiger partial charge in [-0.2, -0.15) is 0 Å². The van der Waals surface area contributed by atoms with Crippen molar-refractivity contribution in [3.05, 3.63) is 352 Å². The molecule has 0 saturated heterocycles. The van der Waals surface area contributed by atoms with Crippen LogP contribution in [0.4, 0.5) is 0 Å². The minimum absolute atomic E-state index is 0.0238. The predicted molar refractivity (Wildman–Crippen MR) is 400 cm³/mol. The van der Waals surface area contributed by atoms with Crippen LogP contribution >= 0.6 is 0 Å². The molecule has 0 radical (unpaired) electrons. The number of furan rings is 1. The largest absolute Gasteiger partial charge is 0.455 e. The Morgan fingerprint density at radius 3 is 1.34 bits per heavy atom. The fourth-order valence-electron chi connectivity index (χ4n) is 15.7. The van der Waals surface area contributed by atoms with E-state index in [1.54, 1.807) is 4.57 Å².